The number of carbonyl (C=O) groups excluding carboxylic acids is 1. The Kier molecular flexibility index (Phi) is 29.2. The fourth-order valence-corrected chi connectivity index (χ4v) is 7.60. The zero-order chi connectivity index (χ0) is 33.7. The summed E-state index contributed by atoms with van der Waals surface area (Å²) in [4.78, 5) is 13.2. The molecule has 0 aromatic heterocycles. The van der Waals surface area contributed by atoms with E-state index in [-0.39, 0.29) is 11.3 Å². The van der Waals surface area contributed by atoms with Gasteiger partial charge in [-0.05, 0) is 45.4 Å². The van der Waals surface area contributed by atoms with Crippen LogP contribution in [-0.4, -0.2) is 53.4 Å². The molecule has 2 atom stereocenters. The van der Waals surface area contributed by atoms with Crippen LogP contribution in [-0.2, 0) is 4.79 Å². The maximum Gasteiger partial charge on any atom is 0.180 e. The molecule has 0 aromatic rings. The standard InChI is InChI=1S/C40H78NO3P/c1-7-9-11-13-15-17-19-21-22-24-26-28-30-32-34-36-38(43)45-39(41(4,5)6)40(3,44)37(42)35-33-31-29-27-25-23-20-18-16-14-12-10-8-2/h21-22,39,44H,7-20,23-36H2,1-6H3/b22-21-. The summed E-state index contributed by atoms with van der Waals surface area (Å²) in [7, 11) is 6.53. The van der Waals surface area contributed by atoms with Gasteiger partial charge in [-0.1, -0.05) is 169 Å². The maximum atomic E-state index is 13.2. The molecule has 0 aliphatic heterocycles. The highest BCUT2D eigenvalue weighted by Crippen LogP contribution is 2.32. The van der Waals surface area contributed by atoms with Crippen molar-refractivity contribution in [3.05, 3.63) is 12.2 Å². The Morgan fingerprint density at radius 1 is 0.622 bits per heavy atom. The van der Waals surface area contributed by atoms with Gasteiger partial charge in [0.25, 0.3) is 0 Å². The van der Waals surface area contributed by atoms with E-state index in [2.05, 4.69) is 26.0 Å². The average Bonchev–Trinajstić information content (AvgIpc) is 2.99. The van der Waals surface area contributed by atoms with Crippen molar-refractivity contribution < 1.29 is 19.5 Å². The molecule has 0 aromatic carbocycles. The van der Waals surface area contributed by atoms with Crippen molar-refractivity contribution in [3.8, 4) is 0 Å². The zero-order valence-corrected chi connectivity index (χ0v) is 32.1. The molecular formula is C40H78NO3P. The van der Waals surface area contributed by atoms with Crippen LogP contribution in [0.5, 0.6) is 0 Å². The molecule has 4 nitrogen and oxygen atoms in total. The van der Waals surface area contributed by atoms with Crippen molar-refractivity contribution in [1.82, 2.24) is 0 Å². The van der Waals surface area contributed by atoms with Crippen LogP contribution in [0.2, 0.25) is 0 Å². The number of hydrogen-bond donors (Lipinski definition) is 1. The largest absolute Gasteiger partial charge is 0.827 e. The number of rotatable bonds is 33. The smallest absolute Gasteiger partial charge is 0.180 e. The van der Waals surface area contributed by atoms with Gasteiger partial charge in [-0.25, -0.2) is 0 Å². The van der Waals surface area contributed by atoms with Gasteiger partial charge >= 0.3 is 0 Å². The van der Waals surface area contributed by atoms with Crippen LogP contribution in [0, 0.1) is 0 Å². The summed E-state index contributed by atoms with van der Waals surface area (Å²) < 4.78 is 0.400. The summed E-state index contributed by atoms with van der Waals surface area (Å²) in [5.74, 6) is -0.549. The number of allylic oxidation sites excluding steroid dienone is 2. The first-order valence-electron chi connectivity index (χ1n) is 19.5. The molecule has 0 rings (SSSR count). The molecule has 0 bridgehead atoms. The zero-order valence-electron chi connectivity index (χ0n) is 31.2. The SMILES string of the molecule is CCCCCCCC/C=C\CCCCCCCC([O-])=PC(C(C)(O)C(=O)CCCCCCCCCCCCCCC)[N+](C)(C)C. The fraction of sp³-hybridized carbons (Fsp3) is 0.900. The minimum absolute atomic E-state index is 0.107. The van der Waals surface area contributed by atoms with Gasteiger partial charge < -0.3 is 14.7 Å². The molecule has 0 heterocycles. The second-order valence-corrected chi connectivity index (χ2v) is 16.2. The molecule has 0 aliphatic carbocycles. The van der Waals surface area contributed by atoms with E-state index in [1.165, 1.54) is 135 Å². The molecule has 266 valence electrons. The van der Waals surface area contributed by atoms with Crippen LogP contribution >= 0.6 is 8.20 Å². The van der Waals surface area contributed by atoms with E-state index in [1.54, 1.807) is 6.92 Å². The lowest BCUT2D eigenvalue weighted by Gasteiger charge is -2.40. The Hall–Kier alpha value is -0.540. The predicted molar refractivity (Wildman–Crippen MR) is 199 cm³/mol. The van der Waals surface area contributed by atoms with E-state index in [9.17, 15) is 15.0 Å². The average molecular weight is 652 g/mol. The van der Waals surface area contributed by atoms with Crippen molar-refractivity contribution in [2.45, 2.75) is 212 Å². The molecule has 0 aliphatic rings. The molecular weight excluding hydrogens is 573 g/mol. The molecule has 1 N–H and O–H groups in total. The molecule has 5 heteroatoms. The monoisotopic (exact) mass is 652 g/mol. The highest BCUT2D eigenvalue weighted by Gasteiger charge is 2.45. The number of aliphatic hydroxyl groups is 1. The highest BCUT2D eigenvalue weighted by atomic mass is 31.1. The maximum absolute atomic E-state index is 13.2. The number of likely N-dealkylation sites (N-methyl/N-ethyl adjacent to an activating group) is 1. The molecule has 0 radical (unpaired) electrons. The number of nitrogens with zero attached hydrogens (tertiary/aromatic N) is 1. The molecule has 0 amide bonds. The summed E-state index contributed by atoms with van der Waals surface area (Å²) in [5, 5.41) is 24.3. The van der Waals surface area contributed by atoms with E-state index in [0.29, 0.717) is 25.5 Å². The quantitative estimate of drug-likeness (QED) is 0.0332. The number of Topliss-reactive ketones (excluding diaryl/α,β-unsaturated/α-hetero) is 1. The number of ketones is 1. The number of quaternary nitrogens is 1. The minimum atomic E-state index is -1.49. The molecule has 0 spiro atoms. The van der Waals surface area contributed by atoms with Crippen molar-refractivity contribution in [1.29, 1.82) is 0 Å². The first kappa shape index (κ1) is 44.5. The number of carbonyl (C=O) groups is 1. The van der Waals surface area contributed by atoms with Crippen LogP contribution < -0.4 is 5.11 Å². The first-order valence-corrected chi connectivity index (χ1v) is 20.5. The van der Waals surface area contributed by atoms with Crippen molar-refractivity contribution >= 4 is 19.5 Å². The third-order valence-corrected chi connectivity index (χ3v) is 11.2. The first-order chi connectivity index (χ1) is 21.6. The Bertz CT molecular complexity index is 740. The summed E-state index contributed by atoms with van der Waals surface area (Å²) in [6, 6.07) is 0. The van der Waals surface area contributed by atoms with Gasteiger partial charge in [0.05, 0.1) is 21.1 Å². The third kappa shape index (κ3) is 26.1. The van der Waals surface area contributed by atoms with Crippen LogP contribution in [0.25, 0.3) is 0 Å². The summed E-state index contributed by atoms with van der Waals surface area (Å²) in [6.07, 6.45) is 38.3. The Morgan fingerprint density at radius 2 is 0.956 bits per heavy atom. The van der Waals surface area contributed by atoms with Gasteiger partial charge in [-0.2, -0.15) is 0 Å². The van der Waals surface area contributed by atoms with Gasteiger partial charge in [0.15, 0.2) is 17.2 Å². The van der Waals surface area contributed by atoms with E-state index >= 15 is 0 Å². The van der Waals surface area contributed by atoms with Gasteiger partial charge in [-0.15, -0.1) is 5.48 Å². The van der Waals surface area contributed by atoms with E-state index in [4.69, 9.17) is 0 Å². The van der Waals surface area contributed by atoms with Gasteiger partial charge in [0, 0.05) is 6.42 Å². The topological polar surface area (TPSA) is 60.4 Å². The summed E-state index contributed by atoms with van der Waals surface area (Å²) >= 11 is 0. The molecule has 45 heavy (non-hydrogen) atoms. The minimum Gasteiger partial charge on any atom is -0.827 e. The van der Waals surface area contributed by atoms with Gasteiger partial charge in [-0.3, -0.25) is 4.79 Å². The van der Waals surface area contributed by atoms with Gasteiger partial charge in [0.2, 0.25) is 0 Å². The van der Waals surface area contributed by atoms with Crippen LogP contribution in [0.1, 0.15) is 201 Å². The van der Waals surface area contributed by atoms with E-state index < -0.39 is 11.4 Å². The Balaban J connectivity index is 4.21. The second kappa shape index (κ2) is 29.6. The predicted octanol–water partition coefficient (Wildman–Crippen LogP) is 11.3. The van der Waals surface area contributed by atoms with Crippen LogP contribution in [0.15, 0.2) is 12.2 Å². The number of hydrogen-bond acceptors (Lipinski definition) is 3. The third-order valence-electron chi connectivity index (χ3n) is 9.23. The van der Waals surface area contributed by atoms with Gasteiger partial charge in [0.1, 0.15) is 0 Å². The van der Waals surface area contributed by atoms with E-state index in [1.807, 2.05) is 21.1 Å². The highest BCUT2D eigenvalue weighted by molar-refractivity contribution is 7.40. The van der Waals surface area contributed by atoms with Crippen molar-refractivity contribution in [2.75, 3.05) is 21.1 Å². The molecule has 0 saturated heterocycles. The lowest BCUT2D eigenvalue weighted by molar-refractivity contribution is -0.886. The Labute approximate surface area is 283 Å². The lowest BCUT2D eigenvalue weighted by Crippen LogP contribution is -2.58. The molecule has 2 unspecified atom stereocenters. The van der Waals surface area contributed by atoms with Crippen LogP contribution in [0.3, 0.4) is 0 Å². The second-order valence-electron chi connectivity index (χ2n) is 14.9. The summed E-state index contributed by atoms with van der Waals surface area (Å²) in [6.45, 7) is 6.18. The molecule has 0 saturated carbocycles. The van der Waals surface area contributed by atoms with Crippen molar-refractivity contribution in [3.63, 3.8) is 0 Å². The van der Waals surface area contributed by atoms with Crippen molar-refractivity contribution in [2.24, 2.45) is 0 Å². The summed E-state index contributed by atoms with van der Waals surface area (Å²) in [5.41, 5.74) is -1.34. The number of unbranched alkanes of at least 4 members (excludes halogenated alkanes) is 23. The Morgan fingerprint density at radius 3 is 1.33 bits per heavy atom. The van der Waals surface area contributed by atoms with E-state index in [0.717, 1.165) is 32.1 Å². The normalized spacial score (nSPS) is 14.7. The lowest BCUT2D eigenvalue weighted by atomic mass is 9.94. The molecule has 0 fully saturated rings. The fourth-order valence-electron chi connectivity index (χ4n) is 6.30. The van der Waals surface area contributed by atoms with Crippen LogP contribution in [0.4, 0.5) is 0 Å².